The van der Waals surface area contributed by atoms with Crippen LogP contribution in [0.4, 0.5) is 0 Å². The number of hydrogen-bond donors (Lipinski definition) is 0. The summed E-state index contributed by atoms with van der Waals surface area (Å²) in [6.07, 6.45) is 4.10. The first-order chi connectivity index (χ1) is 12.6. The van der Waals surface area contributed by atoms with Gasteiger partial charge in [0.1, 0.15) is 5.75 Å². The second-order valence-corrected chi connectivity index (χ2v) is 6.20. The summed E-state index contributed by atoms with van der Waals surface area (Å²) in [5.74, 6) is 0.436. The molecule has 0 aromatic heterocycles. The Kier molecular flexibility index (Phi) is 5.42. The lowest BCUT2D eigenvalue weighted by molar-refractivity contribution is -0.136. The third-order valence-electron chi connectivity index (χ3n) is 4.67. The van der Waals surface area contributed by atoms with Crippen LogP contribution in [0, 0.1) is 0 Å². The van der Waals surface area contributed by atoms with E-state index in [0.29, 0.717) is 12.1 Å². The first kappa shape index (κ1) is 17.8. The Hall–Kier alpha value is -3.01. The van der Waals surface area contributed by atoms with Crippen LogP contribution in [0.3, 0.4) is 0 Å². The summed E-state index contributed by atoms with van der Waals surface area (Å²) < 4.78 is 10.3. The van der Waals surface area contributed by atoms with Gasteiger partial charge in [0.15, 0.2) is 0 Å². The molecule has 0 N–H and O–H groups in total. The Morgan fingerprint density at radius 2 is 1.73 bits per heavy atom. The highest BCUT2D eigenvalue weighted by molar-refractivity contribution is 5.91. The molecule has 0 fully saturated rings. The van der Waals surface area contributed by atoms with E-state index in [1.54, 1.807) is 7.11 Å². The lowest BCUT2D eigenvalue weighted by Gasteiger charge is -2.31. The Morgan fingerprint density at radius 3 is 2.35 bits per heavy atom. The molecule has 0 spiro atoms. The number of rotatable bonds is 5. The van der Waals surface area contributed by atoms with Gasteiger partial charge in [-0.15, -0.1) is 0 Å². The highest BCUT2D eigenvalue weighted by Crippen LogP contribution is 2.34. The van der Waals surface area contributed by atoms with Crippen molar-refractivity contribution >= 4 is 5.97 Å². The maximum atomic E-state index is 12.5. The van der Waals surface area contributed by atoms with Crippen molar-refractivity contribution in [1.29, 1.82) is 0 Å². The zero-order chi connectivity index (χ0) is 18.5. The summed E-state index contributed by atoms with van der Waals surface area (Å²) in [5.41, 5.74) is 3.79. The molecule has 1 aliphatic heterocycles. The minimum absolute atomic E-state index is 0.101. The van der Waals surface area contributed by atoms with Gasteiger partial charge in [-0.2, -0.15) is 0 Å². The highest BCUT2D eigenvalue weighted by Gasteiger charge is 2.28. The number of carbonyl (C=O) groups is 1. The first-order valence-corrected chi connectivity index (χ1v) is 8.56. The van der Waals surface area contributed by atoms with Crippen LogP contribution in [0.25, 0.3) is 0 Å². The molecule has 0 bridgehead atoms. The van der Waals surface area contributed by atoms with Crippen molar-refractivity contribution in [3.8, 4) is 5.75 Å². The predicted octanol–water partition coefficient (Wildman–Crippen LogP) is 4.26. The van der Waals surface area contributed by atoms with E-state index in [9.17, 15) is 4.79 Å². The van der Waals surface area contributed by atoms with Gasteiger partial charge >= 0.3 is 5.97 Å². The molecule has 0 saturated carbocycles. The SMILES string of the molecule is COC(=O)C1=C(C)N(Cc2ccc(OC)cc2)C=CC1c1ccccc1. The molecule has 1 unspecified atom stereocenters. The average molecular weight is 349 g/mol. The molecule has 134 valence electrons. The van der Waals surface area contributed by atoms with Gasteiger partial charge in [-0.3, -0.25) is 0 Å². The van der Waals surface area contributed by atoms with Crippen LogP contribution in [0.5, 0.6) is 5.75 Å². The van der Waals surface area contributed by atoms with Gasteiger partial charge in [0, 0.05) is 24.4 Å². The number of ether oxygens (including phenoxy) is 2. The van der Waals surface area contributed by atoms with Gasteiger partial charge in [-0.1, -0.05) is 48.5 Å². The van der Waals surface area contributed by atoms with Crippen LogP contribution >= 0.6 is 0 Å². The second-order valence-electron chi connectivity index (χ2n) is 6.20. The molecule has 2 aromatic rings. The van der Waals surface area contributed by atoms with E-state index in [-0.39, 0.29) is 11.9 Å². The molecule has 1 aliphatic rings. The first-order valence-electron chi connectivity index (χ1n) is 8.56. The average Bonchev–Trinajstić information content (AvgIpc) is 2.70. The minimum atomic E-state index is -0.291. The Labute approximate surface area is 154 Å². The van der Waals surface area contributed by atoms with E-state index < -0.39 is 0 Å². The number of hydrogen-bond acceptors (Lipinski definition) is 4. The number of carbonyl (C=O) groups excluding carboxylic acids is 1. The van der Waals surface area contributed by atoms with Gasteiger partial charge < -0.3 is 14.4 Å². The molecule has 26 heavy (non-hydrogen) atoms. The van der Waals surface area contributed by atoms with Crippen LogP contribution in [0.1, 0.15) is 24.0 Å². The lowest BCUT2D eigenvalue weighted by Crippen LogP contribution is -2.26. The molecule has 1 heterocycles. The molecule has 0 amide bonds. The van der Waals surface area contributed by atoms with E-state index in [1.165, 1.54) is 7.11 Å². The topological polar surface area (TPSA) is 38.8 Å². The Bertz CT molecular complexity index is 822. The maximum Gasteiger partial charge on any atom is 0.336 e. The van der Waals surface area contributed by atoms with Crippen molar-refractivity contribution in [2.45, 2.75) is 19.4 Å². The molecular formula is C22H23NO3. The van der Waals surface area contributed by atoms with Crippen molar-refractivity contribution in [1.82, 2.24) is 4.90 Å². The van der Waals surface area contributed by atoms with E-state index in [0.717, 1.165) is 22.6 Å². The number of esters is 1. The summed E-state index contributed by atoms with van der Waals surface area (Å²) in [6.45, 7) is 2.64. The van der Waals surface area contributed by atoms with E-state index >= 15 is 0 Å². The van der Waals surface area contributed by atoms with Crippen LogP contribution in [-0.4, -0.2) is 25.1 Å². The van der Waals surface area contributed by atoms with Crippen molar-refractivity contribution in [3.63, 3.8) is 0 Å². The van der Waals surface area contributed by atoms with Gasteiger partial charge in [-0.05, 0) is 30.2 Å². The Morgan fingerprint density at radius 1 is 1.04 bits per heavy atom. The van der Waals surface area contributed by atoms with Crippen molar-refractivity contribution in [3.05, 3.63) is 89.3 Å². The molecular weight excluding hydrogens is 326 g/mol. The van der Waals surface area contributed by atoms with Crippen LogP contribution in [0.15, 0.2) is 78.1 Å². The molecule has 0 saturated heterocycles. The summed E-state index contributed by atoms with van der Waals surface area (Å²) in [5, 5.41) is 0. The summed E-state index contributed by atoms with van der Waals surface area (Å²) in [4.78, 5) is 14.6. The molecule has 4 nitrogen and oxygen atoms in total. The second kappa shape index (κ2) is 7.91. The summed E-state index contributed by atoms with van der Waals surface area (Å²) in [6, 6.07) is 17.9. The maximum absolute atomic E-state index is 12.5. The van der Waals surface area contributed by atoms with Gasteiger partial charge in [-0.25, -0.2) is 4.79 Å². The number of methoxy groups -OCH3 is 2. The third-order valence-corrected chi connectivity index (χ3v) is 4.67. The number of benzene rings is 2. The van der Waals surface area contributed by atoms with Gasteiger partial charge in [0.2, 0.25) is 0 Å². The van der Waals surface area contributed by atoms with E-state index in [4.69, 9.17) is 9.47 Å². The minimum Gasteiger partial charge on any atom is -0.497 e. The molecule has 1 atom stereocenters. The highest BCUT2D eigenvalue weighted by atomic mass is 16.5. The third kappa shape index (κ3) is 3.64. The quantitative estimate of drug-likeness (QED) is 0.756. The summed E-state index contributed by atoms with van der Waals surface area (Å²) >= 11 is 0. The normalized spacial score (nSPS) is 16.6. The number of nitrogens with zero attached hydrogens (tertiary/aromatic N) is 1. The molecule has 0 radical (unpaired) electrons. The van der Waals surface area contributed by atoms with Crippen LogP contribution in [-0.2, 0) is 16.1 Å². The van der Waals surface area contributed by atoms with E-state index in [2.05, 4.69) is 11.0 Å². The summed E-state index contributed by atoms with van der Waals surface area (Å²) in [7, 11) is 3.08. The lowest BCUT2D eigenvalue weighted by atomic mass is 9.87. The largest absolute Gasteiger partial charge is 0.497 e. The fourth-order valence-electron chi connectivity index (χ4n) is 3.20. The fourth-order valence-corrected chi connectivity index (χ4v) is 3.20. The zero-order valence-electron chi connectivity index (χ0n) is 15.3. The Balaban J connectivity index is 1.91. The molecule has 2 aromatic carbocycles. The van der Waals surface area contributed by atoms with Crippen LogP contribution in [0.2, 0.25) is 0 Å². The monoisotopic (exact) mass is 349 g/mol. The molecule has 0 aliphatic carbocycles. The van der Waals surface area contributed by atoms with E-state index in [1.807, 2.05) is 67.7 Å². The molecule has 4 heteroatoms. The molecule has 3 rings (SSSR count). The fraction of sp³-hybridized carbons (Fsp3) is 0.227. The van der Waals surface area contributed by atoms with Crippen molar-refractivity contribution in [2.75, 3.05) is 14.2 Å². The number of allylic oxidation sites excluding steroid dienone is 2. The van der Waals surface area contributed by atoms with Crippen LogP contribution < -0.4 is 4.74 Å². The van der Waals surface area contributed by atoms with Crippen molar-refractivity contribution < 1.29 is 14.3 Å². The predicted molar refractivity (Wildman–Crippen MR) is 102 cm³/mol. The van der Waals surface area contributed by atoms with Crippen molar-refractivity contribution in [2.24, 2.45) is 0 Å². The standard InChI is InChI=1S/C22H23NO3/c1-16-21(22(24)26-3)20(18-7-5-4-6-8-18)13-14-23(16)15-17-9-11-19(25-2)12-10-17/h4-14,20H,15H2,1-3H3. The van der Waals surface area contributed by atoms with Gasteiger partial charge in [0.05, 0.1) is 19.8 Å². The zero-order valence-corrected chi connectivity index (χ0v) is 15.3. The smallest absolute Gasteiger partial charge is 0.336 e. The van der Waals surface area contributed by atoms with Gasteiger partial charge in [0.25, 0.3) is 0 Å².